The summed E-state index contributed by atoms with van der Waals surface area (Å²) in [5, 5.41) is 5.68. The van der Waals surface area contributed by atoms with Gasteiger partial charge in [-0.15, -0.1) is 22.7 Å². The quantitative estimate of drug-likeness (QED) is 0.510. The number of thiophene rings is 1. The monoisotopic (exact) mass is 501 g/mol. The normalized spacial score (nSPS) is 17.7. The number of carbonyl (C=O) groups excluding carboxylic acids is 1. The standard InChI is InChI=1S/C19H17Cl2N3O3S3/c20-13-6-4-12(5-7-13)14-11-28-19(22-14)23-18(25)15-3-1-2-10-24(15)30(26,27)17-9-8-16(21)29-17/h4-9,11,15H,1-3,10H2,(H,22,23,25). The molecule has 2 aromatic heterocycles. The highest BCUT2D eigenvalue weighted by molar-refractivity contribution is 7.91. The fraction of sp³-hybridized carbons (Fsp3) is 0.263. The van der Waals surface area contributed by atoms with Gasteiger partial charge in [0.2, 0.25) is 5.91 Å². The van der Waals surface area contributed by atoms with Gasteiger partial charge in [0.15, 0.2) is 5.13 Å². The van der Waals surface area contributed by atoms with E-state index in [0.29, 0.717) is 39.6 Å². The van der Waals surface area contributed by atoms with Gasteiger partial charge in [-0.05, 0) is 37.1 Å². The molecule has 1 aliphatic rings. The van der Waals surface area contributed by atoms with Gasteiger partial charge >= 0.3 is 0 Å². The molecule has 1 aliphatic heterocycles. The second kappa shape index (κ2) is 8.94. The zero-order chi connectivity index (χ0) is 21.3. The van der Waals surface area contributed by atoms with Crippen LogP contribution in [0.4, 0.5) is 5.13 Å². The number of halogens is 2. The van der Waals surface area contributed by atoms with Crippen molar-refractivity contribution in [2.75, 3.05) is 11.9 Å². The van der Waals surface area contributed by atoms with Crippen molar-refractivity contribution in [2.45, 2.75) is 29.5 Å². The molecule has 6 nitrogen and oxygen atoms in total. The van der Waals surface area contributed by atoms with Crippen molar-refractivity contribution in [3.8, 4) is 11.3 Å². The number of amides is 1. The molecule has 4 rings (SSSR count). The van der Waals surface area contributed by atoms with Crippen LogP contribution in [0.15, 0.2) is 46.0 Å². The van der Waals surface area contributed by atoms with E-state index in [1.807, 2.05) is 17.5 Å². The molecule has 0 saturated carbocycles. The Morgan fingerprint density at radius 2 is 1.90 bits per heavy atom. The van der Waals surface area contributed by atoms with E-state index in [2.05, 4.69) is 10.3 Å². The number of benzene rings is 1. The molecule has 1 aromatic carbocycles. The van der Waals surface area contributed by atoms with E-state index in [4.69, 9.17) is 23.2 Å². The highest BCUT2D eigenvalue weighted by atomic mass is 35.5. The van der Waals surface area contributed by atoms with E-state index in [-0.39, 0.29) is 10.1 Å². The Hall–Kier alpha value is -1.49. The molecule has 1 atom stereocenters. The van der Waals surface area contributed by atoms with Crippen LogP contribution in [0.25, 0.3) is 11.3 Å². The van der Waals surface area contributed by atoms with Gasteiger partial charge in [-0.1, -0.05) is 41.8 Å². The van der Waals surface area contributed by atoms with Crippen LogP contribution in [0.2, 0.25) is 9.36 Å². The third kappa shape index (κ3) is 4.56. The molecule has 1 fully saturated rings. The minimum absolute atomic E-state index is 0.145. The Morgan fingerprint density at radius 1 is 1.13 bits per heavy atom. The molecule has 158 valence electrons. The molecular weight excluding hydrogens is 485 g/mol. The SMILES string of the molecule is O=C(Nc1nc(-c2ccc(Cl)cc2)cs1)C1CCCCN1S(=O)(=O)c1ccc(Cl)s1. The van der Waals surface area contributed by atoms with Gasteiger partial charge in [-0.25, -0.2) is 13.4 Å². The van der Waals surface area contributed by atoms with Gasteiger partial charge < -0.3 is 5.32 Å². The molecule has 0 aliphatic carbocycles. The zero-order valence-electron chi connectivity index (χ0n) is 15.5. The first-order chi connectivity index (χ1) is 14.3. The van der Waals surface area contributed by atoms with E-state index in [9.17, 15) is 13.2 Å². The van der Waals surface area contributed by atoms with Crippen LogP contribution in [0, 0.1) is 0 Å². The summed E-state index contributed by atoms with van der Waals surface area (Å²) in [7, 11) is -3.79. The van der Waals surface area contributed by atoms with Gasteiger partial charge in [0.05, 0.1) is 10.0 Å². The van der Waals surface area contributed by atoms with Crippen molar-refractivity contribution >= 4 is 66.9 Å². The maximum absolute atomic E-state index is 13.1. The first-order valence-corrected chi connectivity index (χ1v) is 13.0. The predicted octanol–water partition coefficient (Wildman–Crippen LogP) is 5.36. The first-order valence-electron chi connectivity index (χ1n) is 9.14. The van der Waals surface area contributed by atoms with E-state index >= 15 is 0 Å². The van der Waals surface area contributed by atoms with Gasteiger partial charge in [0.1, 0.15) is 10.3 Å². The maximum atomic E-state index is 13.1. The number of piperidine rings is 1. The number of rotatable bonds is 5. The van der Waals surface area contributed by atoms with Crippen LogP contribution < -0.4 is 5.32 Å². The van der Waals surface area contributed by atoms with Gasteiger partial charge in [-0.3, -0.25) is 4.79 Å². The molecular formula is C19H17Cl2N3O3S3. The number of carbonyl (C=O) groups is 1. The molecule has 1 amide bonds. The average Bonchev–Trinajstić information content (AvgIpc) is 3.38. The Labute approximate surface area is 192 Å². The van der Waals surface area contributed by atoms with Crippen LogP contribution in [0.3, 0.4) is 0 Å². The van der Waals surface area contributed by atoms with E-state index in [1.165, 1.54) is 21.7 Å². The molecule has 1 unspecified atom stereocenters. The van der Waals surface area contributed by atoms with Crippen molar-refractivity contribution in [3.63, 3.8) is 0 Å². The second-order valence-corrected chi connectivity index (χ2v) is 11.8. The fourth-order valence-electron chi connectivity index (χ4n) is 3.28. The lowest BCUT2D eigenvalue weighted by atomic mass is 10.0. The fourth-order valence-corrected chi connectivity index (χ4v) is 7.40. The zero-order valence-corrected chi connectivity index (χ0v) is 19.5. The Balaban J connectivity index is 1.52. The summed E-state index contributed by atoms with van der Waals surface area (Å²) in [5.41, 5.74) is 1.60. The molecule has 3 aromatic rings. The van der Waals surface area contributed by atoms with E-state index < -0.39 is 16.1 Å². The van der Waals surface area contributed by atoms with Gasteiger partial charge in [0, 0.05) is 22.5 Å². The smallest absolute Gasteiger partial charge is 0.253 e. The number of sulfonamides is 1. The minimum Gasteiger partial charge on any atom is -0.301 e. The summed E-state index contributed by atoms with van der Waals surface area (Å²) in [6.45, 7) is 0.295. The van der Waals surface area contributed by atoms with Crippen LogP contribution in [-0.4, -0.2) is 36.2 Å². The van der Waals surface area contributed by atoms with Crippen LogP contribution in [0.1, 0.15) is 19.3 Å². The van der Waals surface area contributed by atoms with Crippen molar-refractivity contribution in [1.29, 1.82) is 0 Å². The Bertz CT molecular complexity index is 1160. The summed E-state index contributed by atoms with van der Waals surface area (Å²) in [5.74, 6) is -0.377. The lowest BCUT2D eigenvalue weighted by Gasteiger charge is -2.32. The average molecular weight is 502 g/mol. The summed E-state index contributed by atoms with van der Waals surface area (Å²) in [6, 6.07) is 9.49. The molecule has 30 heavy (non-hydrogen) atoms. The first kappa shape index (κ1) is 21.7. The predicted molar refractivity (Wildman–Crippen MR) is 122 cm³/mol. The van der Waals surface area contributed by atoms with E-state index in [1.54, 1.807) is 18.2 Å². The Kier molecular flexibility index (Phi) is 6.47. The van der Waals surface area contributed by atoms with Crippen molar-refractivity contribution in [2.24, 2.45) is 0 Å². The summed E-state index contributed by atoms with van der Waals surface area (Å²) >= 11 is 14.1. The second-order valence-electron chi connectivity index (χ2n) is 6.72. The summed E-state index contributed by atoms with van der Waals surface area (Å²) in [4.78, 5) is 17.4. The number of nitrogens with zero attached hydrogens (tertiary/aromatic N) is 2. The number of thiazole rings is 1. The number of aromatic nitrogens is 1. The molecule has 1 N–H and O–H groups in total. The Morgan fingerprint density at radius 3 is 2.60 bits per heavy atom. The lowest BCUT2D eigenvalue weighted by molar-refractivity contribution is -0.120. The van der Waals surface area contributed by atoms with Gasteiger partial charge in [-0.2, -0.15) is 4.31 Å². The molecule has 11 heteroatoms. The van der Waals surface area contributed by atoms with Crippen LogP contribution in [0.5, 0.6) is 0 Å². The summed E-state index contributed by atoms with van der Waals surface area (Å²) < 4.78 is 27.9. The molecule has 3 heterocycles. The molecule has 0 radical (unpaired) electrons. The highest BCUT2D eigenvalue weighted by Gasteiger charge is 2.38. The number of anilines is 1. The number of nitrogens with one attached hydrogen (secondary N) is 1. The van der Waals surface area contributed by atoms with E-state index in [0.717, 1.165) is 23.3 Å². The maximum Gasteiger partial charge on any atom is 0.253 e. The van der Waals surface area contributed by atoms with Crippen molar-refractivity contribution in [3.05, 3.63) is 51.1 Å². The lowest BCUT2D eigenvalue weighted by Crippen LogP contribution is -2.49. The topological polar surface area (TPSA) is 79.4 Å². The van der Waals surface area contributed by atoms with Crippen molar-refractivity contribution in [1.82, 2.24) is 9.29 Å². The van der Waals surface area contributed by atoms with Crippen molar-refractivity contribution < 1.29 is 13.2 Å². The third-order valence-corrected chi connectivity index (χ3v) is 9.36. The molecule has 1 saturated heterocycles. The number of hydrogen-bond donors (Lipinski definition) is 1. The minimum atomic E-state index is -3.79. The summed E-state index contributed by atoms with van der Waals surface area (Å²) in [6.07, 6.45) is 1.95. The largest absolute Gasteiger partial charge is 0.301 e. The van der Waals surface area contributed by atoms with Gasteiger partial charge in [0.25, 0.3) is 10.0 Å². The van der Waals surface area contributed by atoms with Crippen LogP contribution >= 0.6 is 45.9 Å². The molecule has 0 bridgehead atoms. The highest BCUT2D eigenvalue weighted by Crippen LogP contribution is 2.32. The van der Waals surface area contributed by atoms with Crippen LogP contribution in [-0.2, 0) is 14.8 Å². The molecule has 0 spiro atoms. The third-order valence-electron chi connectivity index (χ3n) is 4.74. The number of hydrogen-bond acceptors (Lipinski definition) is 6.